The maximum Gasteiger partial charge on any atom is 0.522 e. The van der Waals surface area contributed by atoms with Crippen LogP contribution in [0.5, 0.6) is 0 Å². The summed E-state index contributed by atoms with van der Waals surface area (Å²) >= 11 is 0. The molecule has 0 saturated heterocycles. The second-order valence-corrected chi connectivity index (χ2v) is 15.9. The number of amidine groups is 1. The lowest BCUT2D eigenvalue weighted by molar-refractivity contribution is -0.343. The average molecular weight is 516 g/mol. The fraction of sp³-hybridized carbons (Fsp3) is 0.909. The Morgan fingerprint density at radius 1 is 1.06 bits per heavy atom. The van der Waals surface area contributed by atoms with E-state index >= 15 is 0 Å². The largest absolute Gasteiger partial charge is 0.522 e. The zero-order chi connectivity index (χ0) is 27.1. The first kappa shape index (κ1) is 32.5. The molecule has 0 radical (unpaired) electrons. The molecular formula is C22H44F3N3O5Si. The van der Waals surface area contributed by atoms with Crippen LogP contribution in [-0.4, -0.2) is 62.2 Å². The molecule has 0 fully saturated rings. The minimum absolute atomic E-state index is 0.0656. The van der Waals surface area contributed by atoms with Gasteiger partial charge in [0.1, 0.15) is 11.6 Å². The van der Waals surface area contributed by atoms with Crippen LogP contribution in [-0.2, 0) is 13.9 Å². The quantitative estimate of drug-likeness (QED) is 0.115. The van der Waals surface area contributed by atoms with Crippen LogP contribution >= 0.6 is 0 Å². The third kappa shape index (κ3) is 11.7. The number of amides is 1. The Hall–Kier alpha value is -1.53. The Morgan fingerprint density at radius 3 is 1.97 bits per heavy atom. The van der Waals surface area contributed by atoms with Gasteiger partial charge in [-0.3, -0.25) is 4.74 Å². The van der Waals surface area contributed by atoms with Crippen LogP contribution in [0.2, 0.25) is 18.1 Å². The van der Waals surface area contributed by atoms with Gasteiger partial charge >= 0.3 is 12.5 Å². The molecule has 4 atom stereocenters. The van der Waals surface area contributed by atoms with Gasteiger partial charge in [-0.25, -0.2) is 4.79 Å². The lowest BCUT2D eigenvalue weighted by atomic mass is 9.94. The number of halogens is 3. The van der Waals surface area contributed by atoms with Gasteiger partial charge in [0.05, 0.1) is 18.8 Å². The Balaban J connectivity index is 5.94. The number of alkyl halides is 3. The molecule has 0 saturated carbocycles. The first-order chi connectivity index (χ1) is 15.1. The van der Waals surface area contributed by atoms with Crippen LogP contribution in [0.25, 0.3) is 0 Å². The fourth-order valence-electron chi connectivity index (χ4n) is 2.78. The molecule has 8 nitrogen and oxygen atoms in total. The van der Waals surface area contributed by atoms with Crippen molar-refractivity contribution in [3.05, 3.63) is 0 Å². The van der Waals surface area contributed by atoms with Crippen LogP contribution in [0.15, 0.2) is 5.16 Å². The summed E-state index contributed by atoms with van der Waals surface area (Å²) in [5.41, 5.74) is -0.785. The van der Waals surface area contributed by atoms with Gasteiger partial charge in [-0.2, -0.15) is 0 Å². The van der Waals surface area contributed by atoms with Crippen LogP contribution < -0.4 is 10.6 Å². The smallest absolute Gasteiger partial charge is 0.444 e. The molecule has 0 aliphatic rings. The van der Waals surface area contributed by atoms with Gasteiger partial charge < -0.3 is 25.0 Å². The Morgan fingerprint density at radius 2 is 1.59 bits per heavy atom. The molecule has 12 heteroatoms. The van der Waals surface area contributed by atoms with Crippen LogP contribution in [0.1, 0.15) is 68.7 Å². The maximum absolute atomic E-state index is 12.9. The molecule has 0 rings (SSSR count). The van der Waals surface area contributed by atoms with E-state index in [-0.39, 0.29) is 23.4 Å². The molecular weight excluding hydrogens is 471 g/mol. The summed E-state index contributed by atoms with van der Waals surface area (Å²) in [6.07, 6.45) is -6.37. The number of hydrogen-bond donors (Lipinski definition) is 3. The number of carbonyl (C=O) groups is 1. The van der Waals surface area contributed by atoms with E-state index in [2.05, 4.69) is 20.5 Å². The maximum atomic E-state index is 12.9. The molecule has 202 valence electrons. The first-order valence-corrected chi connectivity index (χ1v) is 14.4. The van der Waals surface area contributed by atoms with E-state index in [1.807, 2.05) is 40.8 Å². The van der Waals surface area contributed by atoms with Crippen LogP contribution in [0.3, 0.4) is 0 Å². The van der Waals surface area contributed by atoms with E-state index in [1.54, 1.807) is 27.7 Å². The first-order valence-electron chi connectivity index (χ1n) is 11.5. The normalized spacial score (nSPS) is 17.5. The standard InChI is InChI=1S/C22H44F3N3O5Si/c1-12-14(2)17(15(3)32-22(23,24)25)27-18(28-30)16(26-19(29)33-20(4,5)6)13-31-34(10,11)21(7,8)9/h14-17,30H,12-13H2,1-11H3,(H,26,29)(H,27,28)/t14?,15-,16+,17+/m1/s1. The summed E-state index contributed by atoms with van der Waals surface area (Å²) < 4.78 is 54.4. The van der Waals surface area contributed by atoms with E-state index < -0.39 is 44.6 Å². The van der Waals surface area contributed by atoms with Crippen molar-refractivity contribution in [2.45, 2.75) is 117 Å². The van der Waals surface area contributed by atoms with E-state index in [0.717, 1.165) is 0 Å². The molecule has 0 aromatic rings. The molecule has 3 N–H and O–H groups in total. The van der Waals surface area contributed by atoms with Gasteiger partial charge in [0.2, 0.25) is 0 Å². The van der Waals surface area contributed by atoms with Gasteiger partial charge in [-0.15, -0.1) is 13.2 Å². The number of oxime groups is 1. The monoisotopic (exact) mass is 515 g/mol. The number of ether oxygens (including phenoxy) is 2. The van der Waals surface area contributed by atoms with Crippen molar-refractivity contribution in [1.82, 2.24) is 10.6 Å². The highest BCUT2D eigenvalue weighted by Crippen LogP contribution is 2.36. The van der Waals surface area contributed by atoms with Gasteiger partial charge in [-0.1, -0.05) is 46.2 Å². The summed E-state index contributed by atoms with van der Waals surface area (Å²) in [6.45, 7) is 20.1. The predicted molar refractivity (Wildman–Crippen MR) is 129 cm³/mol. The zero-order valence-electron chi connectivity index (χ0n) is 22.4. The molecule has 0 aromatic heterocycles. The number of nitrogens with one attached hydrogen (secondary N) is 2. The number of carbonyl (C=O) groups excluding carboxylic acids is 1. The fourth-order valence-corrected chi connectivity index (χ4v) is 3.79. The Bertz CT molecular complexity index is 676. The molecule has 0 aliphatic carbocycles. The van der Waals surface area contributed by atoms with Gasteiger partial charge in [0.15, 0.2) is 14.2 Å². The minimum atomic E-state index is -4.83. The minimum Gasteiger partial charge on any atom is -0.444 e. The third-order valence-corrected chi connectivity index (χ3v) is 10.4. The number of rotatable bonds is 10. The highest BCUT2D eigenvalue weighted by molar-refractivity contribution is 6.74. The van der Waals surface area contributed by atoms with Gasteiger partial charge in [0, 0.05) is 0 Å². The number of alkyl carbamates (subject to hydrolysis) is 1. The van der Waals surface area contributed by atoms with Crippen molar-refractivity contribution >= 4 is 20.2 Å². The highest BCUT2D eigenvalue weighted by Gasteiger charge is 2.40. The Labute approximate surface area is 203 Å². The SMILES string of the molecule is CCC(C)[C@H](N/C(=N\O)[C@H](CO[Si](C)(C)C(C)(C)C)NC(=O)OC(C)(C)C)[C@@H](C)OC(F)(F)F. The summed E-state index contributed by atoms with van der Waals surface area (Å²) in [6, 6.07) is -1.87. The molecule has 1 amide bonds. The van der Waals surface area contributed by atoms with Crippen LogP contribution in [0, 0.1) is 5.92 Å². The molecule has 0 bridgehead atoms. The summed E-state index contributed by atoms with van der Waals surface area (Å²) in [5.74, 6) is -0.426. The van der Waals surface area contributed by atoms with Crippen molar-refractivity contribution in [2.75, 3.05) is 6.61 Å². The van der Waals surface area contributed by atoms with Crippen molar-refractivity contribution in [3.63, 3.8) is 0 Å². The molecule has 0 heterocycles. The summed E-state index contributed by atoms with van der Waals surface area (Å²) in [7, 11) is -2.28. The Kier molecular flexibility index (Phi) is 11.9. The van der Waals surface area contributed by atoms with E-state index in [1.165, 1.54) is 6.92 Å². The van der Waals surface area contributed by atoms with Crippen molar-refractivity contribution in [1.29, 1.82) is 0 Å². The average Bonchev–Trinajstić information content (AvgIpc) is 2.61. The van der Waals surface area contributed by atoms with Gasteiger partial charge in [-0.05, 0) is 51.7 Å². The van der Waals surface area contributed by atoms with Gasteiger partial charge in [0.25, 0.3) is 0 Å². The number of hydrogen-bond acceptors (Lipinski definition) is 6. The zero-order valence-corrected chi connectivity index (χ0v) is 23.4. The molecule has 0 aliphatic heterocycles. The molecule has 34 heavy (non-hydrogen) atoms. The summed E-state index contributed by atoms with van der Waals surface area (Å²) in [5, 5.41) is 18.4. The van der Waals surface area contributed by atoms with E-state index in [9.17, 15) is 23.2 Å². The summed E-state index contributed by atoms with van der Waals surface area (Å²) in [4.78, 5) is 12.5. The van der Waals surface area contributed by atoms with Crippen molar-refractivity contribution in [3.8, 4) is 0 Å². The number of nitrogens with zero attached hydrogens (tertiary/aromatic N) is 1. The molecule has 0 spiro atoms. The van der Waals surface area contributed by atoms with E-state index in [0.29, 0.717) is 6.42 Å². The van der Waals surface area contributed by atoms with Crippen molar-refractivity contribution in [2.24, 2.45) is 11.1 Å². The van der Waals surface area contributed by atoms with E-state index in [4.69, 9.17) is 9.16 Å². The highest BCUT2D eigenvalue weighted by atomic mass is 28.4. The van der Waals surface area contributed by atoms with Crippen molar-refractivity contribution < 1.29 is 37.1 Å². The lowest BCUT2D eigenvalue weighted by Crippen LogP contribution is -2.58. The third-order valence-electron chi connectivity index (χ3n) is 5.94. The predicted octanol–water partition coefficient (Wildman–Crippen LogP) is 5.62. The topological polar surface area (TPSA) is 101 Å². The second-order valence-electron chi connectivity index (χ2n) is 11.1. The second kappa shape index (κ2) is 12.4. The van der Waals surface area contributed by atoms with Crippen LogP contribution in [0.4, 0.5) is 18.0 Å². The molecule has 1 unspecified atom stereocenters. The molecule has 0 aromatic carbocycles. The lowest BCUT2D eigenvalue weighted by Gasteiger charge is -2.38.